The summed E-state index contributed by atoms with van der Waals surface area (Å²) >= 11 is 0. The molecule has 2 N–H and O–H groups in total. The van der Waals surface area contributed by atoms with Crippen LogP contribution in [0.5, 0.6) is 11.5 Å². The van der Waals surface area contributed by atoms with Gasteiger partial charge in [-0.05, 0) is 80.7 Å². The minimum atomic E-state index is -0.399. The van der Waals surface area contributed by atoms with Crippen LogP contribution in [0.3, 0.4) is 0 Å². The van der Waals surface area contributed by atoms with Crippen molar-refractivity contribution in [3.05, 3.63) is 83.2 Å². The Bertz CT molecular complexity index is 1770. The van der Waals surface area contributed by atoms with Gasteiger partial charge in [0.1, 0.15) is 11.5 Å². The number of urea groups is 1. The van der Waals surface area contributed by atoms with Crippen molar-refractivity contribution in [1.82, 2.24) is 14.4 Å². The molecule has 0 radical (unpaired) electrons. The van der Waals surface area contributed by atoms with Gasteiger partial charge in [0, 0.05) is 92.6 Å². The molecule has 2 amide bonds. The smallest absolute Gasteiger partial charge is 0.323 e. The molecule has 6 rings (SSSR count). The van der Waals surface area contributed by atoms with Crippen LogP contribution < -0.4 is 25.0 Å². The molecule has 0 atom stereocenters. The molecule has 2 aliphatic rings. The third kappa shape index (κ3) is 6.38. The van der Waals surface area contributed by atoms with E-state index >= 15 is 0 Å². The number of hydrogen-bond acceptors (Lipinski definition) is 7. The molecule has 0 saturated carbocycles. The van der Waals surface area contributed by atoms with Gasteiger partial charge in [-0.15, -0.1) is 0 Å². The summed E-state index contributed by atoms with van der Waals surface area (Å²) in [5.74, 6) is 1.24. The molecule has 234 valence electrons. The van der Waals surface area contributed by atoms with Gasteiger partial charge in [0.2, 0.25) is 5.78 Å². The van der Waals surface area contributed by atoms with Crippen LogP contribution in [-0.4, -0.2) is 87.2 Å². The molecule has 0 bridgehead atoms. The summed E-state index contributed by atoms with van der Waals surface area (Å²) in [6.07, 6.45) is 1.84. The average molecular weight is 609 g/mol. The van der Waals surface area contributed by atoms with Crippen LogP contribution in [0, 0.1) is 6.92 Å². The Kier molecular flexibility index (Phi) is 8.51. The molecule has 1 aromatic heterocycles. The van der Waals surface area contributed by atoms with E-state index in [1.165, 1.54) is 0 Å². The maximum Gasteiger partial charge on any atom is 0.323 e. The van der Waals surface area contributed by atoms with Gasteiger partial charge in [-0.25, -0.2) is 4.79 Å². The number of benzene rings is 3. The van der Waals surface area contributed by atoms with Crippen LogP contribution in [0.15, 0.2) is 66.4 Å². The number of rotatable bonds is 8. The minimum absolute atomic E-state index is 0.228. The third-order valence-corrected chi connectivity index (χ3v) is 8.66. The molecule has 1 saturated heterocycles. The van der Waals surface area contributed by atoms with Crippen LogP contribution in [0.4, 0.5) is 21.9 Å². The Balaban J connectivity index is 1.21. The molecule has 0 spiro atoms. The lowest BCUT2D eigenvalue weighted by molar-refractivity contribution is 0.101. The zero-order valence-corrected chi connectivity index (χ0v) is 26.5. The van der Waals surface area contributed by atoms with E-state index in [1.807, 2.05) is 61.5 Å². The number of ether oxygens (including phenoxy) is 2. The number of likely N-dealkylation sites (N-methyl/N-ethyl adjacent to an activating group) is 1. The number of hydrogen-bond donors (Lipinski definition) is 2. The van der Waals surface area contributed by atoms with E-state index in [1.54, 1.807) is 25.3 Å². The van der Waals surface area contributed by atoms with Crippen molar-refractivity contribution in [3.63, 3.8) is 0 Å². The van der Waals surface area contributed by atoms with Gasteiger partial charge in [-0.3, -0.25) is 9.69 Å². The van der Waals surface area contributed by atoms with E-state index in [-0.39, 0.29) is 11.5 Å². The highest BCUT2D eigenvalue weighted by molar-refractivity contribution is 6.16. The van der Waals surface area contributed by atoms with Crippen molar-refractivity contribution in [2.24, 2.45) is 0 Å². The Morgan fingerprint density at radius 2 is 1.67 bits per heavy atom. The molecular weight excluding hydrogens is 568 g/mol. The number of anilines is 3. The minimum Gasteiger partial charge on any atom is -0.497 e. The molecule has 3 heterocycles. The summed E-state index contributed by atoms with van der Waals surface area (Å²) in [5, 5.41) is 6.66. The summed E-state index contributed by atoms with van der Waals surface area (Å²) in [4.78, 5) is 33.1. The van der Waals surface area contributed by atoms with Crippen LogP contribution in [0.2, 0.25) is 0 Å². The predicted octanol–water partition coefficient (Wildman–Crippen LogP) is 5.53. The highest BCUT2D eigenvalue weighted by Gasteiger charge is 2.29. The quantitative estimate of drug-likeness (QED) is 0.254. The second kappa shape index (κ2) is 12.7. The number of amides is 2. The van der Waals surface area contributed by atoms with Crippen molar-refractivity contribution >= 4 is 45.9 Å². The molecule has 10 nitrogen and oxygen atoms in total. The largest absolute Gasteiger partial charge is 0.497 e. The van der Waals surface area contributed by atoms with E-state index in [0.29, 0.717) is 22.7 Å². The molecule has 45 heavy (non-hydrogen) atoms. The normalized spacial score (nSPS) is 16.1. The standard InChI is InChI=1S/C35H40N6O4/c1-23-28(29-21-27(44-5)11-12-31(29)41(23)19-18-40-16-14-39(4)15-17-40)22-33-34(42)30-20-25(8-13-32(30)45-33)37-35(43)36-24-6-9-26(10-7-24)38(2)3/h6-13,20-22H,14-19H2,1-5H3,(H2,36,37,43)/b33-22-. The van der Waals surface area contributed by atoms with Crippen LogP contribution in [-0.2, 0) is 6.54 Å². The van der Waals surface area contributed by atoms with Crippen molar-refractivity contribution in [2.45, 2.75) is 13.5 Å². The first-order valence-electron chi connectivity index (χ1n) is 15.2. The zero-order valence-electron chi connectivity index (χ0n) is 26.5. The first-order chi connectivity index (χ1) is 21.7. The second-order valence-electron chi connectivity index (χ2n) is 11.8. The summed E-state index contributed by atoms with van der Waals surface area (Å²) in [6, 6.07) is 18.3. The fourth-order valence-electron chi connectivity index (χ4n) is 5.93. The van der Waals surface area contributed by atoms with Gasteiger partial charge in [0.05, 0.1) is 12.7 Å². The number of Topliss-reactive ketones (excluding diaryl/α,β-unsaturated/α-hetero) is 1. The third-order valence-electron chi connectivity index (χ3n) is 8.66. The van der Waals surface area contributed by atoms with Gasteiger partial charge in [0.15, 0.2) is 5.76 Å². The lowest BCUT2D eigenvalue weighted by atomic mass is 10.1. The van der Waals surface area contributed by atoms with Crippen LogP contribution in [0.25, 0.3) is 17.0 Å². The molecular formula is C35H40N6O4. The van der Waals surface area contributed by atoms with Gasteiger partial charge < -0.3 is 34.5 Å². The summed E-state index contributed by atoms with van der Waals surface area (Å²) in [7, 11) is 7.74. The first kappa shape index (κ1) is 30.2. The fourth-order valence-corrected chi connectivity index (χ4v) is 5.93. The van der Waals surface area contributed by atoms with Crippen molar-refractivity contribution in [1.29, 1.82) is 0 Å². The van der Waals surface area contributed by atoms with Gasteiger partial charge in [0.25, 0.3) is 0 Å². The lowest BCUT2D eigenvalue weighted by Crippen LogP contribution is -2.45. The first-order valence-corrected chi connectivity index (χ1v) is 15.2. The van der Waals surface area contributed by atoms with Crippen LogP contribution >= 0.6 is 0 Å². The Hall–Kier alpha value is -4.80. The topological polar surface area (TPSA) is 91.3 Å². The number of fused-ring (bicyclic) bond motifs is 2. The summed E-state index contributed by atoms with van der Waals surface area (Å²) < 4.78 is 13.9. The molecule has 0 unspecified atom stereocenters. The Morgan fingerprint density at radius 1 is 0.956 bits per heavy atom. The predicted molar refractivity (Wildman–Crippen MR) is 180 cm³/mol. The van der Waals surface area contributed by atoms with Crippen molar-refractivity contribution in [2.75, 3.05) is 76.5 Å². The molecule has 2 aliphatic heterocycles. The van der Waals surface area contributed by atoms with Crippen molar-refractivity contribution < 1.29 is 19.1 Å². The molecule has 3 aromatic carbocycles. The Morgan fingerprint density at radius 3 is 2.38 bits per heavy atom. The summed E-state index contributed by atoms with van der Waals surface area (Å²) in [6.45, 7) is 8.15. The number of carbonyl (C=O) groups excluding carboxylic acids is 2. The highest BCUT2D eigenvalue weighted by Crippen LogP contribution is 2.37. The number of allylic oxidation sites excluding steroid dienone is 1. The number of aromatic nitrogens is 1. The van der Waals surface area contributed by atoms with Crippen LogP contribution in [0.1, 0.15) is 21.6 Å². The number of nitrogens with one attached hydrogen (secondary N) is 2. The maximum atomic E-state index is 13.6. The highest BCUT2D eigenvalue weighted by atomic mass is 16.5. The molecule has 10 heteroatoms. The van der Waals surface area contributed by atoms with E-state index in [2.05, 4.69) is 45.0 Å². The lowest BCUT2D eigenvalue weighted by Gasteiger charge is -2.32. The molecule has 4 aromatic rings. The Labute approximate surface area is 263 Å². The number of ketones is 1. The molecule has 1 fully saturated rings. The average Bonchev–Trinajstić information content (AvgIpc) is 3.48. The van der Waals surface area contributed by atoms with Crippen molar-refractivity contribution in [3.8, 4) is 11.5 Å². The van der Waals surface area contributed by atoms with E-state index < -0.39 is 6.03 Å². The number of nitrogens with zero attached hydrogens (tertiary/aromatic N) is 4. The SMILES string of the molecule is COc1ccc2c(c1)c(/C=C1\Oc3ccc(NC(=O)Nc4ccc(N(C)C)cc4)cc3C1=O)c(C)n2CCN1CCN(C)CC1. The van der Waals surface area contributed by atoms with E-state index in [4.69, 9.17) is 9.47 Å². The number of methoxy groups -OCH3 is 1. The fraction of sp³-hybridized carbons (Fsp3) is 0.314. The second-order valence-corrected chi connectivity index (χ2v) is 11.8. The molecule has 0 aliphatic carbocycles. The monoisotopic (exact) mass is 608 g/mol. The summed E-state index contributed by atoms with van der Waals surface area (Å²) in [5.41, 5.74) is 5.68. The van der Waals surface area contributed by atoms with Gasteiger partial charge in [-0.1, -0.05) is 0 Å². The van der Waals surface area contributed by atoms with Gasteiger partial charge in [-0.2, -0.15) is 0 Å². The maximum absolute atomic E-state index is 13.6. The number of piperazine rings is 1. The number of carbonyl (C=O) groups is 2. The van der Waals surface area contributed by atoms with E-state index in [9.17, 15) is 9.59 Å². The van der Waals surface area contributed by atoms with E-state index in [0.717, 1.165) is 72.9 Å². The van der Waals surface area contributed by atoms with Gasteiger partial charge >= 0.3 is 6.03 Å². The zero-order chi connectivity index (χ0) is 31.7.